The van der Waals surface area contributed by atoms with Gasteiger partial charge in [0.25, 0.3) is 0 Å². The topological polar surface area (TPSA) is 0 Å². The average Bonchev–Trinajstić information content (AvgIpc) is 2.53. The number of fused-ring (bicyclic) bond motifs is 1. The Morgan fingerprint density at radius 3 is 2.94 bits per heavy atom. The third-order valence-corrected chi connectivity index (χ3v) is 4.47. The van der Waals surface area contributed by atoms with Crippen molar-refractivity contribution in [2.45, 2.75) is 25.0 Å². The molecular weight excluding hydrogens is 238 g/mol. The van der Waals surface area contributed by atoms with E-state index in [0.717, 1.165) is 24.8 Å². The summed E-state index contributed by atoms with van der Waals surface area (Å²) < 4.78 is 26.9. The zero-order chi connectivity index (χ0) is 11.8. The van der Waals surface area contributed by atoms with Crippen LogP contribution in [0.15, 0.2) is 34.8 Å². The number of hydrogen-bond donors (Lipinski definition) is 0. The van der Waals surface area contributed by atoms with Crippen molar-refractivity contribution in [2.75, 3.05) is 0 Å². The van der Waals surface area contributed by atoms with Crippen LogP contribution in [0.1, 0.15) is 24.0 Å². The summed E-state index contributed by atoms with van der Waals surface area (Å²) in [6.07, 6.45) is 7.12. The molecule has 0 fully saturated rings. The second-order valence-electron chi connectivity index (χ2n) is 4.37. The lowest BCUT2D eigenvalue weighted by Gasteiger charge is -2.12. The number of rotatable bonds is 0. The first-order valence-electron chi connectivity index (χ1n) is 5.73. The quantitative estimate of drug-likeness (QED) is 0.659. The zero-order valence-electron chi connectivity index (χ0n) is 9.30. The van der Waals surface area contributed by atoms with Crippen molar-refractivity contribution in [1.82, 2.24) is 0 Å². The van der Waals surface area contributed by atoms with Crippen molar-refractivity contribution in [2.24, 2.45) is 0 Å². The van der Waals surface area contributed by atoms with Crippen LogP contribution in [0.3, 0.4) is 0 Å². The van der Waals surface area contributed by atoms with Gasteiger partial charge in [-0.05, 0) is 30.9 Å². The van der Waals surface area contributed by atoms with E-state index in [9.17, 15) is 8.78 Å². The number of thioether (sulfide) groups is 1. The summed E-state index contributed by atoms with van der Waals surface area (Å²) in [6.45, 7) is 0. The van der Waals surface area contributed by atoms with Crippen LogP contribution in [0.25, 0.3) is 0 Å². The van der Waals surface area contributed by atoms with Gasteiger partial charge >= 0.3 is 0 Å². The zero-order valence-corrected chi connectivity index (χ0v) is 10.1. The molecule has 88 valence electrons. The van der Waals surface area contributed by atoms with Gasteiger partial charge in [-0.2, -0.15) is 0 Å². The van der Waals surface area contributed by atoms with E-state index in [2.05, 4.69) is 12.2 Å². The van der Waals surface area contributed by atoms with Crippen LogP contribution >= 0.6 is 11.8 Å². The SMILES string of the molecule is Fc1ccc2c(c1F)CSC1=C(CCC=C1)C2. The molecule has 0 unspecified atom stereocenters. The second kappa shape index (κ2) is 4.30. The van der Waals surface area contributed by atoms with Gasteiger partial charge < -0.3 is 0 Å². The molecule has 0 atom stereocenters. The van der Waals surface area contributed by atoms with Crippen LogP contribution in [0, 0.1) is 11.6 Å². The van der Waals surface area contributed by atoms with Gasteiger partial charge in [0, 0.05) is 16.2 Å². The first kappa shape index (κ1) is 11.0. The van der Waals surface area contributed by atoms with Crippen molar-refractivity contribution in [3.05, 3.63) is 57.5 Å². The monoisotopic (exact) mass is 250 g/mol. The Bertz CT molecular complexity index is 529. The van der Waals surface area contributed by atoms with Gasteiger partial charge in [-0.3, -0.25) is 0 Å². The standard InChI is InChI=1S/C14H12F2S/c15-12-6-5-9-7-10-3-1-2-4-13(10)17-8-11(9)14(12)16/h2,4-6H,1,3,7-8H2. The predicted octanol–water partition coefficient (Wildman–Crippen LogP) is 4.36. The van der Waals surface area contributed by atoms with Crippen LogP contribution in [-0.4, -0.2) is 0 Å². The summed E-state index contributed by atoms with van der Waals surface area (Å²) in [6, 6.07) is 2.96. The van der Waals surface area contributed by atoms with E-state index in [-0.39, 0.29) is 0 Å². The third-order valence-electron chi connectivity index (χ3n) is 3.30. The van der Waals surface area contributed by atoms with Crippen LogP contribution in [0.5, 0.6) is 0 Å². The smallest absolute Gasteiger partial charge is 0.163 e. The molecule has 0 spiro atoms. The lowest BCUT2D eigenvalue weighted by atomic mass is 9.95. The fourth-order valence-corrected chi connectivity index (χ4v) is 3.53. The Balaban J connectivity index is 2.05. The van der Waals surface area contributed by atoms with Crippen LogP contribution < -0.4 is 0 Å². The normalized spacial score (nSPS) is 18.7. The number of benzene rings is 1. The number of hydrogen-bond acceptors (Lipinski definition) is 1. The molecule has 2 aliphatic rings. The highest BCUT2D eigenvalue weighted by Crippen LogP contribution is 2.38. The molecule has 0 amide bonds. The molecule has 0 bridgehead atoms. The van der Waals surface area contributed by atoms with Gasteiger partial charge in [0.15, 0.2) is 11.6 Å². The van der Waals surface area contributed by atoms with Crippen LogP contribution in [0.4, 0.5) is 8.78 Å². The highest BCUT2D eigenvalue weighted by molar-refractivity contribution is 8.02. The van der Waals surface area contributed by atoms with Crippen molar-refractivity contribution in [1.29, 1.82) is 0 Å². The first-order valence-corrected chi connectivity index (χ1v) is 6.71. The van der Waals surface area contributed by atoms with E-state index in [1.807, 2.05) is 0 Å². The van der Waals surface area contributed by atoms with E-state index in [0.29, 0.717) is 11.3 Å². The maximum absolute atomic E-state index is 13.7. The van der Waals surface area contributed by atoms with Crippen molar-refractivity contribution < 1.29 is 8.78 Å². The molecule has 1 aromatic carbocycles. The van der Waals surface area contributed by atoms with Crippen LogP contribution in [-0.2, 0) is 12.2 Å². The van der Waals surface area contributed by atoms with Gasteiger partial charge in [-0.25, -0.2) is 8.78 Å². The predicted molar refractivity (Wildman–Crippen MR) is 66.8 cm³/mol. The van der Waals surface area contributed by atoms with Gasteiger partial charge in [0.2, 0.25) is 0 Å². The number of halogens is 2. The van der Waals surface area contributed by atoms with Crippen molar-refractivity contribution in [3.63, 3.8) is 0 Å². The highest BCUT2D eigenvalue weighted by atomic mass is 32.2. The van der Waals surface area contributed by atoms with E-state index in [4.69, 9.17) is 0 Å². The molecule has 17 heavy (non-hydrogen) atoms. The summed E-state index contributed by atoms with van der Waals surface area (Å²) in [4.78, 5) is 1.24. The molecule has 1 heterocycles. The molecule has 3 rings (SSSR count). The Kier molecular flexibility index (Phi) is 2.79. The molecule has 1 aromatic rings. The van der Waals surface area contributed by atoms with Gasteiger partial charge in [0.05, 0.1) is 0 Å². The molecule has 1 aliphatic carbocycles. The summed E-state index contributed by atoms with van der Waals surface area (Å²) in [5, 5.41) is 0. The Labute approximate surface area is 103 Å². The summed E-state index contributed by atoms with van der Waals surface area (Å²) in [5.74, 6) is -0.874. The lowest BCUT2D eigenvalue weighted by Crippen LogP contribution is -2.00. The van der Waals surface area contributed by atoms with Crippen LogP contribution in [0.2, 0.25) is 0 Å². The average molecular weight is 250 g/mol. The van der Waals surface area contributed by atoms with E-state index in [1.54, 1.807) is 17.8 Å². The number of allylic oxidation sites excluding steroid dienone is 3. The summed E-state index contributed by atoms with van der Waals surface area (Å²) in [7, 11) is 0. The highest BCUT2D eigenvalue weighted by Gasteiger charge is 2.20. The van der Waals surface area contributed by atoms with E-state index in [1.165, 1.54) is 16.5 Å². The fraction of sp³-hybridized carbons (Fsp3) is 0.286. The first-order chi connectivity index (χ1) is 8.25. The van der Waals surface area contributed by atoms with E-state index >= 15 is 0 Å². The molecule has 0 aromatic heterocycles. The van der Waals surface area contributed by atoms with Gasteiger partial charge in [-0.1, -0.05) is 23.8 Å². The molecule has 0 N–H and O–H groups in total. The molecule has 3 heteroatoms. The second-order valence-corrected chi connectivity index (χ2v) is 5.39. The molecule has 0 saturated carbocycles. The van der Waals surface area contributed by atoms with Gasteiger partial charge in [-0.15, -0.1) is 11.8 Å². The fourth-order valence-electron chi connectivity index (χ4n) is 2.35. The van der Waals surface area contributed by atoms with Crippen molar-refractivity contribution in [3.8, 4) is 0 Å². The third kappa shape index (κ3) is 1.93. The Morgan fingerprint density at radius 1 is 1.18 bits per heavy atom. The molecule has 0 saturated heterocycles. The van der Waals surface area contributed by atoms with Crippen molar-refractivity contribution >= 4 is 11.8 Å². The Hall–Kier alpha value is -1.09. The Morgan fingerprint density at radius 2 is 2.06 bits per heavy atom. The largest absolute Gasteiger partial charge is 0.204 e. The maximum atomic E-state index is 13.7. The maximum Gasteiger partial charge on any atom is 0.163 e. The molecule has 0 nitrogen and oxygen atoms in total. The molecule has 1 aliphatic heterocycles. The van der Waals surface area contributed by atoms with Gasteiger partial charge in [0.1, 0.15) is 0 Å². The molecular formula is C14H12F2S. The lowest BCUT2D eigenvalue weighted by molar-refractivity contribution is 0.501. The summed E-state index contributed by atoms with van der Waals surface area (Å²) in [5.41, 5.74) is 2.84. The van der Waals surface area contributed by atoms with E-state index < -0.39 is 11.6 Å². The minimum Gasteiger partial charge on any atom is -0.204 e. The minimum atomic E-state index is -0.736. The molecule has 0 radical (unpaired) electrons. The minimum absolute atomic E-state index is 0.530. The summed E-state index contributed by atoms with van der Waals surface area (Å²) >= 11 is 1.62.